The van der Waals surface area contributed by atoms with E-state index in [4.69, 9.17) is 14.0 Å². The van der Waals surface area contributed by atoms with Gasteiger partial charge in [-0.05, 0) is 19.1 Å². The van der Waals surface area contributed by atoms with Crippen molar-refractivity contribution in [2.45, 2.75) is 13.5 Å². The molecule has 0 bridgehead atoms. The first kappa shape index (κ1) is 12.2. The molecule has 0 unspecified atom stereocenters. The number of carbonyl (C=O) groups is 1. The van der Waals surface area contributed by atoms with Gasteiger partial charge in [0.1, 0.15) is 5.69 Å². The van der Waals surface area contributed by atoms with E-state index in [1.54, 1.807) is 25.1 Å². The van der Waals surface area contributed by atoms with Gasteiger partial charge in [0.15, 0.2) is 11.5 Å². The van der Waals surface area contributed by atoms with Crippen LogP contribution in [0, 0.1) is 6.92 Å². The van der Waals surface area contributed by atoms with Crippen molar-refractivity contribution in [2.75, 3.05) is 0 Å². The first-order chi connectivity index (χ1) is 9.65. The van der Waals surface area contributed by atoms with Gasteiger partial charge in [0, 0.05) is 6.07 Å². The molecule has 0 aromatic carbocycles. The monoisotopic (exact) mass is 274 g/mol. The first-order valence-corrected chi connectivity index (χ1v) is 5.78. The molecule has 1 N–H and O–H groups in total. The van der Waals surface area contributed by atoms with Gasteiger partial charge in [-0.2, -0.15) is 0 Å². The van der Waals surface area contributed by atoms with Crippen LogP contribution < -0.4 is 0 Å². The number of nitrogens with zero attached hydrogens (tertiary/aromatic N) is 4. The maximum absolute atomic E-state index is 10.9. The Balaban J connectivity index is 1.84. The zero-order chi connectivity index (χ0) is 14.1. The Morgan fingerprint density at radius 2 is 2.30 bits per heavy atom. The number of aromatic carboxylic acids is 1. The molecule has 8 nitrogen and oxygen atoms in total. The summed E-state index contributed by atoms with van der Waals surface area (Å²) in [6.45, 7) is 1.91. The Hall–Kier alpha value is -2.90. The molecule has 0 radical (unpaired) electrons. The third-order valence-electron chi connectivity index (χ3n) is 2.82. The van der Waals surface area contributed by atoms with Crippen LogP contribution in [0.25, 0.3) is 11.5 Å². The van der Waals surface area contributed by atoms with E-state index < -0.39 is 5.97 Å². The average Bonchev–Trinajstić information content (AvgIpc) is 3.12. The number of carboxylic acid groups (broad SMARTS) is 1. The van der Waals surface area contributed by atoms with Crippen LogP contribution in [-0.4, -0.2) is 31.2 Å². The smallest absolute Gasteiger partial charge is 0.358 e. The average molecular weight is 274 g/mol. The molecule has 0 aliphatic carbocycles. The summed E-state index contributed by atoms with van der Waals surface area (Å²) in [6.07, 6.45) is 1.54. The Morgan fingerprint density at radius 1 is 1.45 bits per heavy atom. The quantitative estimate of drug-likeness (QED) is 0.769. The van der Waals surface area contributed by atoms with Gasteiger partial charge in [-0.15, -0.1) is 5.10 Å². The summed E-state index contributed by atoms with van der Waals surface area (Å²) in [5.41, 5.74) is 0.987. The molecular formula is C12H10N4O4. The third-order valence-corrected chi connectivity index (χ3v) is 2.82. The zero-order valence-corrected chi connectivity index (χ0v) is 10.5. The van der Waals surface area contributed by atoms with E-state index in [0.29, 0.717) is 22.9 Å². The van der Waals surface area contributed by atoms with E-state index in [2.05, 4.69) is 15.5 Å². The van der Waals surface area contributed by atoms with E-state index in [-0.39, 0.29) is 12.2 Å². The topological polar surface area (TPSA) is 107 Å². The van der Waals surface area contributed by atoms with Gasteiger partial charge in [0.05, 0.1) is 18.5 Å². The van der Waals surface area contributed by atoms with Crippen molar-refractivity contribution in [3.8, 4) is 11.5 Å². The second-order valence-corrected chi connectivity index (χ2v) is 4.15. The maximum Gasteiger partial charge on any atom is 0.358 e. The van der Waals surface area contributed by atoms with Crippen LogP contribution in [0.3, 0.4) is 0 Å². The van der Waals surface area contributed by atoms with Crippen LogP contribution in [0.5, 0.6) is 0 Å². The number of hydrogen-bond donors (Lipinski definition) is 1. The van der Waals surface area contributed by atoms with Crippen LogP contribution in [0.15, 0.2) is 33.4 Å². The Bertz CT molecular complexity index is 741. The maximum atomic E-state index is 10.9. The molecule has 0 aliphatic heterocycles. The van der Waals surface area contributed by atoms with E-state index in [9.17, 15) is 4.79 Å². The summed E-state index contributed by atoms with van der Waals surface area (Å²) in [5, 5.41) is 20.2. The van der Waals surface area contributed by atoms with Gasteiger partial charge < -0.3 is 14.0 Å². The minimum Gasteiger partial charge on any atom is -0.476 e. The molecule has 20 heavy (non-hydrogen) atoms. The standard InChI is InChI=1S/C12H10N4O4/c1-7-11(12(17)18)13-15-16(7)6-8-5-10(20-14-8)9-3-2-4-19-9/h2-5H,6H2,1H3,(H,17,18). The lowest BCUT2D eigenvalue weighted by molar-refractivity contribution is 0.0689. The molecule has 0 aliphatic rings. The lowest BCUT2D eigenvalue weighted by Crippen LogP contribution is -2.06. The predicted octanol–water partition coefficient (Wildman–Crippen LogP) is 1.58. The van der Waals surface area contributed by atoms with Crippen molar-refractivity contribution in [2.24, 2.45) is 0 Å². The van der Waals surface area contributed by atoms with Crippen molar-refractivity contribution in [1.29, 1.82) is 0 Å². The highest BCUT2D eigenvalue weighted by molar-refractivity contribution is 5.86. The van der Waals surface area contributed by atoms with Gasteiger partial charge in [0.2, 0.25) is 5.76 Å². The number of hydrogen-bond acceptors (Lipinski definition) is 6. The summed E-state index contributed by atoms with van der Waals surface area (Å²) in [7, 11) is 0. The predicted molar refractivity (Wildman–Crippen MR) is 65.0 cm³/mol. The molecule has 0 saturated carbocycles. The molecule has 0 fully saturated rings. The number of furan rings is 1. The molecule has 102 valence electrons. The lowest BCUT2D eigenvalue weighted by Gasteiger charge is -1.98. The highest BCUT2D eigenvalue weighted by atomic mass is 16.5. The van der Waals surface area contributed by atoms with Gasteiger partial charge in [-0.25, -0.2) is 9.48 Å². The second-order valence-electron chi connectivity index (χ2n) is 4.15. The van der Waals surface area contributed by atoms with Crippen LogP contribution >= 0.6 is 0 Å². The van der Waals surface area contributed by atoms with Crippen molar-refractivity contribution in [3.05, 3.63) is 41.5 Å². The number of carboxylic acids is 1. The highest BCUT2D eigenvalue weighted by Gasteiger charge is 2.16. The van der Waals surface area contributed by atoms with Gasteiger partial charge in [-0.3, -0.25) is 0 Å². The minimum atomic E-state index is -1.11. The molecule has 0 atom stereocenters. The van der Waals surface area contributed by atoms with Crippen molar-refractivity contribution < 1.29 is 18.8 Å². The number of aromatic nitrogens is 4. The van der Waals surface area contributed by atoms with E-state index in [1.165, 1.54) is 10.9 Å². The van der Waals surface area contributed by atoms with Crippen LogP contribution in [0.4, 0.5) is 0 Å². The molecular weight excluding hydrogens is 264 g/mol. The highest BCUT2D eigenvalue weighted by Crippen LogP contribution is 2.21. The van der Waals surface area contributed by atoms with Gasteiger partial charge in [0.25, 0.3) is 0 Å². The molecule has 8 heteroatoms. The van der Waals surface area contributed by atoms with Crippen LogP contribution in [-0.2, 0) is 6.54 Å². The van der Waals surface area contributed by atoms with E-state index in [1.807, 2.05) is 0 Å². The Morgan fingerprint density at radius 3 is 2.95 bits per heavy atom. The van der Waals surface area contributed by atoms with Crippen molar-refractivity contribution >= 4 is 5.97 Å². The third kappa shape index (κ3) is 2.07. The van der Waals surface area contributed by atoms with Gasteiger partial charge in [-0.1, -0.05) is 10.4 Å². The molecule has 0 spiro atoms. The fourth-order valence-corrected chi connectivity index (χ4v) is 1.78. The molecule has 3 rings (SSSR count). The lowest BCUT2D eigenvalue weighted by atomic mass is 10.3. The largest absolute Gasteiger partial charge is 0.476 e. The van der Waals surface area contributed by atoms with E-state index in [0.717, 1.165) is 0 Å². The summed E-state index contributed by atoms with van der Waals surface area (Å²) in [4.78, 5) is 10.9. The second kappa shape index (κ2) is 4.65. The molecule has 0 amide bonds. The van der Waals surface area contributed by atoms with Crippen molar-refractivity contribution in [1.82, 2.24) is 20.2 Å². The Labute approximate surface area is 112 Å². The van der Waals surface area contributed by atoms with Crippen LogP contribution in [0.2, 0.25) is 0 Å². The number of rotatable bonds is 4. The van der Waals surface area contributed by atoms with Crippen molar-refractivity contribution in [3.63, 3.8) is 0 Å². The fourth-order valence-electron chi connectivity index (χ4n) is 1.78. The summed E-state index contributed by atoms with van der Waals surface area (Å²) >= 11 is 0. The molecule has 3 aromatic rings. The summed E-state index contributed by atoms with van der Waals surface area (Å²) < 4.78 is 11.8. The fraction of sp³-hybridized carbons (Fsp3) is 0.167. The molecule has 3 heterocycles. The summed E-state index contributed by atoms with van der Waals surface area (Å²) in [5.74, 6) is -0.0308. The van der Waals surface area contributed by atoms with Crippen LogP contribution in [0.1, 0.15) is 21.9 Å². The summed E-state index contributed by atoms with van der Waals surface area (Å²) in [6, 6.07) is 5.21. The molecule has 0 saturated heterocycles. The SMILES string of the molecule is Cc1c(C(=O)O)nnn1Cc1cc(-c2ccco2)on1. The first-order valence-electron chi connectivity index (χ1n) is 5.78. The Kier molecular flexibility index (Phi) is 2.82. The minimum absolute atomic E-state index is 0.0697. The van der Waals surface area contributed by atoms with E-state index >= 15 is 0 Å². The zero-order valence-electron chi connectivity index (χ0n) is 10.5. The normalized spacial score (nSPS) is 10.8. The van der Waals surface area contributed by atoms with Gasteiger partial charge >= 0.3 is 5.97 Å². The molecule has 3 aromatic heterocycles.